The molecule has 0 bridgehead atoms. The molecule has 0 radical (unpaired) electrons. The second-order valence-corrected chi connectivity index (χ2v) is 21.3. The molecule has 0 saturated heterocycles. The molecule has 0 spiro atoms. The molecule has 0 amide bonds. The van der Waals surface area contributed by atoms with Crippen LogP contribution < -0.4 is 0 Å². The van der Waals surface area contributed by atoms with Crippen LogP contribution in [0.1, 0.15) is 278 Å². The summed E-state index contributed by atoms with van der Waals surface area (Å²) >= 11 is 0. The molecule has 6 nitrogen and oxygen atoms in total. The fraction of sp³-hybridized carbons (Fsp3) is 0.613. The van der Waals surface area contributed by atoms with Crippen LogP contribution in [0, 0.1) is 0 Å². The van der Waals surface area contributed by atoms with E-state index >= 15 is 0 Å². The first-order valence-electron chi connectivity index (χ1n) is 33.0. The molecule has 6 heteroatoms. The van der Waals surface area contributed by atoms with Crippen LogP contribution >= 0.6 is 0 Å². The first kappa shape index (κ1) is 76.0. The lowest BCUT2D eigenvalue weighted by Crippen LogP contribution is -2.30. The van der Waals surface area contributed by atoms with E-state index in [1.165, 1.54) is 109 Å². The highest BCUT2D eigenvalue weighted by Gasteiger charge is 2.19. The highest BCUT2D eigenvalue weighted by atomic mass is 16.6. The minimum absolute atomic E-state index is 0.0920. The van der Waals surface area contributed by atoms with Gasteiger partial charge in [0.25, 0.3) is 0 Å². The molecule has 0 fully saturated rings. The lowest BCUT2D eigenvalue weighted by Gasteiger charge is -2.18. The van der Waals surface area contributed by atoms with E-state index in [0.29, 0.717) is 19.3 Å². The van der Waals surface area contributed by atoms with Gasteiger partial charge in [0.15, 0.2) is 6.10 Å². The Bertz CT molecular complexity index is 1810. The molecule has 0 heterocycles. The van der Waals surface area contributed by atoms with E-state index in [4.69, 9.17) is 14.2 Å². The molecular weight excluding hydrogens is 997 g/mol. The Morgan fingerprint density at radius 2 is 0.519 bits per heavy atom. The molecule has 0 rings (SSSR count). The molecule has 81 heavy (non-hydrogen) atoms. The van der Waals surface area contributed by atoms with Crippen LogP contribution in [0.5, 0.6) is 0 Å². The van der Waals surface area contributed by atoms with Gasteiger partial charge in [-0.1, -0.05) is 307 Å². The van der Waals surface area contributed by atoms with Crippen molar-refractivity contribution in [3.63, 3.8) is 0 Å². The fourth-order valence-electron chi connectivity index (χ4n) is 8.71. The van der Waals surface area contributed by atoms with Gasteiger partial charge in [-0.15, -0.1) is 0 Å². The quantitative estimate of drug-likeness (QED) is 0.0261. The molecule has 0 saturated carbocycles. The third-order valence-corrected chi connectivity index (χ3v) is 13.6. The topological polar surface area (TPSA) is 78.9 Å². The molecule has 0 N–H and O–H groups in total. The summed E-state index contributed by atoms with van der Waals surface area (Å²) in [5.74, 6) is -1.06. The number of carbonyl (C=O) groups is 3. The molecule has 0 aliphatic carbocycles. The van der Waals surface area contributed by atoms with Crippen LogP contribution in [-0.4, -0.2) is 37.2 Å². The zero-order valence-electron chi connectivity index (χ0n) is 52.2. The summed E-state index contributed by atoms with van der Waals surface area (Å²) in [7, 11) is 0. The largest absolute Gasteiger partial charge is 0.462 e. The number of carbonyl (C=O) groups excluding carboxylic acids is 3. The fourth-order valence-corrected chi connectivity index (χ4v) is 8.71. The van der Waals surface area contributed by atoms with Crippen LogP contribution in [0.25, 0.3) is 0 Å². The van der Waals surface area contributed by atoms with Gasteiger partial charge in [-0.3, -0.25) is 14.4 Å². The van der Waals surface area contributed by atoms with E-state index in [9.17, 15) is 14.4 Å². The lowest BCUT2D eigenvalue weighted by molar-refractivity contribution is -0.166. The summed E-state index contributed by atoms with van der Waals surface area (Å²) in [6.45, 7) is 6.32. The minimum Gasteiger partial charge on any atom is -0.462 e. The average Bonchev–Trinajstić information content (AvgIpc) is 3.46. The maximum Gasteiger partial charge on any atom is 0.310 e. The Labute approximate surface area is 499 Å². The molecule has 0 aromatic heterocycles. The van der Waals surface area contributed by atoms with Gasteiger partial charge in [-0.25, -0.2) is 0 Å². The molecular formula is C75H120O6. The van der Waals surface area contributed by atoms with E-state index in [2.05, 4.69) is 167 Å². The van der Waals surface area contributed by atoms with E-state index < -0.39 is 12.1 Å². The van der Waals surface area contributed by atoms with Crippen molar-refractivity contribution in [3.05, 3.63) is 158 Å². The third kappa shape index (κ3) is 65.7. The Kier molecular flexibility index (Phi) is 63.4. The highest BCUT2D eigenvalue weighted by molar-refractivity contribution is 5.72. The van der Waals surface area contributed by atoms with Gasteiger partial charge in [0, 0.05) is 12.8 Å². The third-order valence-electron chi connectivity index (χ3n) is 13.6. The van der Waals surface area contributed by atoms with Crippen LogP contribution in [0.15, 0.2) is 158 Å². The summed E-state index contributed by atoms with van der Waals surface area (Å²) in [4.78, 5) is 38.2. The molecule has 0 aromatic rings. The van der Waals surface area contributed by atoms with Gasteiger partial charge in [0.1, 0.15) is 13.2 Å². The summed E-state index contributed by atoms with van der Waals surface area (Å²) in [6, 6.07) is 0. The van der Waals surface area contributed by atoms with Crippen molar-refractivity contribution in [3.8, 4) is 0 Å². The number of hydrogen-bond donors (Lipinski definition) is 0. The Morgan fingerprint density at radius 1 is 0.272 bits per heavy atom. The summed E-state index contributed by atoms with van der Waals surface area (Å²) in [5.41, 5.74) is 0. The van der Waals surface area contributed by atoms with Crippen LogP contribution in [0.2, 0.25) is 0 Å². The second-order valence-electron chi connectivity index (χ2n) is 21.3. The summed E-state index contributed by atoms with van der Waals surface area (Å²) in [6.07, 6.45) is 98.6. The van der Waals surface area contributed by atoms with Gasteiger partial charge >= 0.3 is 17.9 Å². The molecule has 0 aliphatic rings. The smallest absolute Gasteiger partial charge is 0.310 e. The molecule has 0 aliphatic heterocycles. The maximum absolute atomic E-state index is 12.8. The maximum atomic E-state index is 12.8. The van der Waals surface area contributed by atoms with Crippen molar-refractivity contribution >= 4 is 17.9 Å². The monoisotopic (exact) mass is 1120 g/mol. The van der Waals surface area contributed by atoms with E-state index in [0.717, 1.165) is 122 Å². The van der Waals surface area contributed by atoms with Gasteiger partial charge < -0.3 is 14.2 Å². The number of rotatable bonds is 58. The van der Waals surface area contributed by atoms with Gasteiger partial charge in [0.2, 0.25) is 0 Å². The SMILES string of the molecule is CC/C=C\C/C=C\C/C=C\C/C=C\C/C=C\C/C=C\C/C=C\C/C=C\CCCCCCCCCCCCC(=O)OCC(COC(=O)CCCCCCCCCCCCCCC)OC(=O)C/C=C\C/C=C\C/C=C\C/C=C\C/C=C\CC. The van der Waals surface area contributed by atoms with Crippen LogP contribution in [0.4, 0.5) is 0 Å². The number of esters is 3. The Balaban J connectivity index is 4.29. The normalized spacial score (nSPS) is 13.2. The number of ether oxygens (including phenoxy) is 3. The molecule has 0 aromatic carbocycles. The van der Waals surface area contributed by atoms with Gasteiger partial charge in [0.05, 0.1) is 6.42 Å². The highest BCUT2D eigenvalue weighted by Crippen LogP contribution is 2.15. The molecule has 456 valence electrons. The van der Waals surface area contributed by atoms with Crippen molar-refractivity contribution in [2.45, 2.75) is 284 Å². The summed E-state index contributed by atoms with van der Waals surface area (Å²) in [5, 5.41) is 0. The number of unbranched alkanes of at least 4 members (excludes halogenated alkanes) is 22. The zero-order chi connectivity index (χ0) is 58.5. The predicted molar refractivity (Wildman–Crippen MR) is 352 cm³/mol. The van der Waals surface area contributed by atoms with Crippen molar-refractivity contribution < 1.29 is 28.6 Å². The van der Waals surface area contributed by atoms with Gasteiger partial charge in [-0.05, 0) is 109 Å². The Hall–Kier alpha value is -4.97. The van der Waals surface area contributed by atoms with Crippen LogP contribution in [0.3, 0.4) is 0 Å². The lowest BCUT2D eigenvalue weighted by atomic mass is 10.0. The van der Waals surface area contributed by atoms with Gasteiger partial charge in [-0.2, -0.15) is 0 Å². The number of allylic oxidation sites excluding steroid dienone is 25. The zero-order valence-corrected chi connectivity index (χ0v) is 52.2. The molecule has 1 unspecified atom stereocenters. The van der Waals surface area contributed by atoms with Crippen molar-refractivity contribution in [2.24, 2.45) is 0 Å². The second kappa shape index (κ2) is 67.5. The standard InChI is InChI=1S/C75H120O6/c1-4-7-10-13-16-19-22-25-27-28-29-30-31-32-33-34-35-36-37-38-39-40-41-42-43-44-45-46-48-50-53-56-59-62-65-68-74(77)80-71-72(70-79-73(76)67-64-61-58-55-52-49-24-21-18-15-12-9-6-3)81-75(78)69-66-63-60-57-54-51-47-26-23-20-17-14-11-8-5-2/h7-8,10-11,16-17,19-20,25-27,29-30,32-33,35-36,38-39,41-42,47,54,57,63,66,72H,4-6,9,12-15,18,21-24,28,31,34,37,40,43-46,48-53,55-56,58-62,64-65,67-71H2,1-3H3/b10-7-,11-8-,19-16-,20-17-,27-25-,30-29-,33-32-,36-35-,39-38-,42-41-,47-26-,57-54-,66-63-. The average molecular weight is 1120 g/mol. The number of hydrogen-bond acceptors (Lipinski definition) is 6. The Morgan fingerprint density at radius 3 is 0.815 bits per heavy atom. The van der Waals surface area contributed by atoms with Crippen molar-refractivity contribution in [2.75, 3.05) is 13.2 Å². The first-order valence-corrected chi connectivity index (χ1v) is 33.0. The van der Waals surface area contributed by atoms with Crippen molar-refractivity contribution in [1.82, 2.24) is 0 Å². The first-order chi connectivity index (χ1) is 40.0. The van der Waals surface area contributed by atoms with E-state index in [-0.39, 0.29) is 31.6 Å². The van der Waals surface area contributed by atoms with Crippen LogP contribution in [-0.2, 0) is 28.6 Å². The van der Waals surface area contributed by atoms with Crippen molar-refractivity contribution in [1.29, 1.82) is 0 Å². The summed E-state index contributed by atoms with van der Waals surface area (Å²) < 4.78 is 16.8. The predicted octanol–water partition coefficient (Wildman–Crippen LogP) is 22.9. The minimum atomic E-state index is -0.839. The van der Waals surface area contributed by atoms with E-state index in [1.54, 1.807) is 6.08 Å². The molecule has 1 atom stereocenters. The van der Waals surface area contributed by atoms with E-state index in [1.807, 2.05) is 6.08 Å².